The third-order valence-corrected chi connectivity index (χ3v) is 5.19. The average molecular weight is 401 g/mol. The lowest BCUT2D eigenvalue weighted by molar-refractivity contribution is 0.469. The van der Waals surface area contributed by atoms with Crippen LogP contribution in [0.5, 0.6) is 5.75 Å². The topological polar surface area (TPSA) is 106 Å². The fourth-order valence-corrected chi connectivity index (χ4v) is 3.08. The van der Waals surface area contributed by atoms with Crippen LogP contribution in [-0.2, 0) is 10.0 Å². The monoisotopic (exact) mass is 400 g/mol. The van der Waals surface area contributed by atoms with Crippen molar-refractivity contribution in [1.29, 1.82) is 0 Å². The molecule has 0 saturated heterocycles. The van der Waals surface area contributed by atoms with Gasteiger partial charge in [0, 0.05) is 15.6 Å². The van der Waals surface area contributed by atoms with E-state index in [1.54, 1.807) is 49.4 Å². The van der Waals surface area contributed by atoms with Crippen LogP contribution in [0.2, 0.25) is 10.0 Å². The minimum atomic E-state index is -3.87. The molecule has 0 radical (unpaired) electrons. The molecule has 0 bridgehead atoms. The van der Waals surface area contributed by atoms with Gasteiger partial charge in [-0.2, -0.15) is 0 Å². The Bertz CT molecular complexity index is 910. The molecule has 0 heterocycles. The summed E-state index contributed by atoms with van der Waals surface area (Å²) in [7, 11) is -3.87. The summed E-state index contributed by atoms with van der Waals surface area (Å²) in [5.74, 6) is 0.0507. The summed E-state index contributed by atoms with van der Waals surface area (Å²) in [4.78, 5) is 0. The second-order valence-corrected chi connectivity index (χ2v) is 8.26. The molecule has 0 saturated carbocycles. The minimum absolute atomic E-state index is 0.0260. The Morgan fingerprint density at radius 1 is 1.20 bits per heavy atom. The van der Waals surface area contributed by atoms with Gasteiger partial charge in [-0.1, -0.05) is 41.4 Å². The zero-order valence-electron chi connectivity index (χ0n) is 13.4. The van der Waals surface area contributed by atoms with Crippen molar-refractivity contribution in [3.63, 3.8) is 0 Å². The van der Waals surface area contributed by atoms with E-state index in [0.717, 1.165) is 5.56 Å². The van der Waals surface area contributed by atoms with E-state index in [-0.39, 0.29) is 12.2 Å². The van der Waals surface area contributed by atoms with E-state index in [0.29, 0.717) is 26.7 Å². The normalized spacial score (nSPS) is 13.7. The van der Waals surface area contributed by atoms with E-state index >= 15 is 0 Å². The SMILES string of the molecule is Cc1cc(Cl)cc(C(=CCC(N)S(N)(=O)=O)c2ccc(Cl)cc2)c1O. The van der Waals surface area contributed by atoms with Crippen LogP contribution in [-0.4, -0.2) is 18.9 Å². The number of phenols is 1. The molecule has 0 aromatic heterocycles. The molecule has 2 aromatic rings. The largest absolute Gasteiger partial charge is 0.507 e. The van der Waals surface area contributed by atoms with Gasteiger partial charge in [0.15, 0.2) is 0 Å². The van der Waals surface area contributed by atoms with Gasteiger partial charge in [-0.05, 0) is 54.3 Å². The van der Waals surface area contributed by atoms with Gasteiger partial charge >= 0.3 is 0 Å². The first-order valence-corrected chi connectivity index (χ1v) is 9.69. The van der Waals surface area contributed by atoms with Crippen molar-refractivity contribution in [2.75, 3.05) is 0 Å². The Labute approximate surface area is 156 Å². The molecule has 2 rings (SSSR count). The van der Waals surface area contributed by atoms with Gasteiger partial charge in [0.05, 0.1) is 0 Å². The number of sulfonamides is 1. The third-order valence-electron chi connectivity index (χ3n) is 3.69. The zero-order chi connectivity index (χ0) is 18.8. The van der Waals surface area contributed by atoms with E-state index in [2.05, 4.69) is 0 Å². The molecule has 0 aliphatic rings. The highest BCUT2D eigenvalue weighted by atomic mass is 35.5. The fraction of sp³-hybridized carbons (Fsp3) is 0.176. The van der Waals surface area contributed by atoms with Crippen molar-refractivity contribution in [3.05, 3.63) is 69.2 Å². The second-order valence-electron chi connectivity index (χ2n) is 5.61. The fourth-order valence-electron chi connectivity index (χ4n) is 2.32. The molecule has 1 atom stereocenters. The standard InChI is InChI=1S/C17H18Cl2N2O3S/c1-10-8-13(19)9-15(17(10)22)14(6-7-16(20)25(21,23)24)11-2-4-12(18)5-3-11/h2-6,8-9,16,22H,7,20H2,1H3,(H2,21,23,24). The van der Waals surface area contributed by atoms with Crippen molar-refractivity contribution in [2.24, 2.45) is 10.9 Å². The number of halogens is 2. The Morgan fingerprint density at radius 3 is 2.36 bits per heavy atom. The summed E-state index contributed by atoms with van der Waals surface area (Å²) in [6, 6.07) is 10.1. The Hall–Kier alpha value is -1.57. The molecule has 0 aliphatic heterocycles. The van der Waals surface area contributed by atoms with Gasteiger partial charge < -0.3 is 10.8 Å². The quantitative estimate of drug-likeness (QED) is 0.714. The second kappa shape index (κ2) is 7.76. The summed E-state index contributed by atoms with van der Waals surface area (Å²) < 4.78 is 22.7. The molecule has 8 heteroatoms. The predicted octanol–water partition coefficient (Wildman–Crippen LogP) is 3.40. The van der Waals surface area contributed by atoms with Crippen molar-refractivity contribution < 1.29 is 13.5 Å². The van der Waals surface area contributed by atoms with Crippen LogP contribution in [0.1, 0.15) is 23.1 Å². The number of hydrogen-bond donors (Lipinski definition) is 3. The van der Waals surface area contributed by atoms with Gasteiger partial charge in [0.1, 0.15) is 11.1 Å². The molecule has 2 aromatic carbocycles. The van der Waals surface area contributed by atoms with Crippen LogP contribution in [0, 0.1) is 6.92 Å². The van der Waals surface area contributed by atoms with Crippen molar-refractivity contribution in [2.45, 2.75) is 18.7 Å². The lowest BCUT2D eigenvalue weighted by Crippen LogP contribution is -2.35. The summed E-state index contributed by atoms with van der Waals surface area (Å²) >= 11 is 12.0. The first-order valence-electron chi connectivity index (χ1n) is 7.32. The molecule has 0 amide bonds. The summed E-state index contributed by atoms with van der Waals surface area (Å²) in [6.45, 7) is 1.72. The molecular formula is C17H18Cl2N2O3S. The zero-order valence-corrected chi connectivity index (χ0v) is 15.7. The van der Waals surface area contributed by atoms with Crippen molar-refractivity contribution in [1.82, 2.24) is 0 Å². The molecule has 5 N–H and O–H groups in total. The Morgan fingerprint density at radius 2 is 1.80 bits per heavy atom. The van der Waals surface area contributed by atoms with Gasteiger partial charge in [-0.25, -0.2) is 13.6 Å². The molecule has 5 nitrogen and oxygen atoms in total. The molecule has 0 spiro atoms. The lowest BCUT2D eigenvalue weighted by atomic mass is 9.94. The molecule has 1 unspecified atom stereocenters. The van der Waals surface area contributed by atoms with Gasteiger partial charge in [-0.3, -0.25) is 0 Å². The molecule has 0 aliphatic carbocycles. The number of aryl methyl sites for hydroxylation is 1. The maximum absolute atomic E-state index is 11.4. The van der Waals surface area contributed by atoms with Gasteiger partial charge in [-0.15, -0.1) is 0 Å². The van der Waals surface area contributed by atoms with E-state index in [1.807, 2.05) is 0 Å². The first-order chi connectivity index (χ1) is 11.6. The maximum atomic E-state index is 11.4. The summed E-state index contributed by atoms with van der Waals surface area (Å²) in [5.41, 5.74) is 7.98. The average Bonchev–Trinajstić information content (AvgIpc) is 2.52. The first kappa shape index (κ1) is 19.8. The maximum Gasteiger partial charge on any atom is 0.225 e. The molecular weight excluding hydrogens is 383 g/mol. The highest BCUT2D eigenvalue weighted by Gasteiger charge is 2.17. The third kappa shape index (κ3) is 4.96. The van der Waals surface area contributed by atoms with E-state index < -0.39 is 15.4 Å². The molecule has 134 valence electrons. The van der Waals surface area contributed by atoms with Crippen LogP contribution >= 0.6 is 23.2 Å². The van der Waals surface area contributed by atoms with E-state index in [4.69, 9.17) is 34.1 Å². The predicted molar refractivity (Wildman–Crippen MR) is 102 cm³/mol. The highest BCUT2D eigenvalue weighted by molar-refractivity contribution is 7.89. The van der Waals surface area contributed by atoms with Crippen molar-refractivity contribution in [3.8, 4) is 5.75 Å². The minimum Gasteiger partial charge on any atom is -0.507 e. The van der Waals surface area contributed by atoms with Gasteiger partial charge in [0.25, 0.3) is 0 Å². The number of hydrogen-bond acceptors (Lipinski definition) is 4. The Kier molecular flexibility index (Phi) is 6.13. The van der Waals surface area contributed by atoms with Gasteiger partial charge in [0.2, 0.25) is 10.0 Å². The smallest absolute Gasteiger partial charge is 0.225 e. The number of aromatic hydroxyl groups is 1. The lowest BCUT2D eigenvalue weighted by Gasteiger charge is -2.14. The van der Waals surface area contributed by atoms with Crippen LogP contribution in [0.15, 0.2) is 42.5 Å². The van der Waals surface area contributed by atoms with Crippen LogP contribution in [0.25, 0.3) is 5.57 Å². The highest BCUT2D eigenvalue weighted by Crippen LogP contribution is 2.36. The number of nitrogens with two attached hydrogens (primary N) is 2. The number of primary sulfonamides is 1. The number of benzene rings is 2. The molecule has 0 fully saturated rings. The number of rotatable bonds is 5. The van der Waals surface area contributed by atoms with E-state index in [9.17, 15) is 13.5 Å². The van der Waals surface area contributed by atoms with Crippen LogP contribution in [0.4, 0.5) is 0 Å². The molecule has 25 heavy (non-hydrogen) atoms. The van der Waals surface area contributed by atoms with Crippen LogP contribution < -0.4 is 10.9 Å². The summed E-state index contributed by atoms with van der Waals surface area (Å²) in [5, 5.41) is 15.2. The van der Waals surface area contributed by atoms with Crippen LogP contribution in [0.3, 0.4) is 0 Å². The summed E-state index contributed by atoms with van der Waals surface area (Å²) in [6.07, 6.45) is 1.59. The van der Waals surface area contributed by atoms with E-state index in [1.165, 1.54) is 0 Å². The number of phenolic OH excluding ortho intramolecular Hbond substituents is 1. The Balaban J connectivity index is 2.59. The van der Waals surface area contributed by atoms with Crippen molar-refractivity contribution >= 4 is 38.8 Å².